The lowest BCUT2D eigenvalue weighted by Gasteiger charge is -2.16. The Kier molecular flexibility index (Phi) is 5.89. The molecule has 0 saturated carbocycles. The zero-order valence-electron chi connectivity index (χ0n) is 16.3. The standard InChI is InChI=1S/C22H24N4O2/c1-15-19(21(27)26(2)3)20(25-22(23)24-15)17-10-7-11-18(14-17)28-13-12-16-8-5-4-6-9-16/h4-11,14H,12-13H2,1-3H3,(H2,23,24,25). The molecule has 1 amide bonds. The Morgan fingerprint density at radius 2 is 1.82 bits per heavy atom. The summed E-state index contributed by atoms with van der Waals surface area (Å²) in [4.78, 5) is 22.7. The molecule has 28 heavy (non-hydrogen) atoms. The predicted octanol–water partition coefficient (Wildman–Crippen LogP) is 3.36. The van der Waals surface area contributed by atoms with Crippen molar-refractivity contribution < 1.29 is 9.53 Å². The highest BCUT2D eigenvalue weighted by Crippen LogP contribution is 2.28. The summed E-state index contributed by atoms with van der Waals surface area (Å²) in [5, 5.41) is 0. The molecule has 0 saturated heterocycles. The van der Waals surface area contributed by atoms with Crippen LogP contribution in [-0.4, -0.2) is 41.5 Å². The summed E-state index contributed by atoms with van der Waals surface area (Å²) in [6.07, 6.45) is 0.814. The van der Waals surface area contributed by atoms with E-state index in [9.17, 15) is 4.79 Å². The number of aryl methyl sites for hydroxylation is 1. The number of benzene rings is 2. The van der Waals surface area contributed by atoms with E-state index in [-0.39, 0.29) is 11.9 Å². The normalized spacial score (nSPS) is 10.5. The van der Waals surface area contributed by atoms with Gasteiger partial charge < -0.3 is 15.4 Å². The number of anilines is 1. The molecule has 6 heteroatoms. The Balaban J connectivity index is 1.86. The molecule has 0 aliphatic heterocycles. The van der Waals surface area contributed by atoms with Crippen LogP contribution in [0.1, 0.15) is 21.6 Å². The van der Waals surface area contributed by atoms with Crippen LogP contribution in [0.2, 0.25) is 0 Å². The Hall–Kier alpha value is -3.41. The van der Waals surface area contributed by atoms with Crippen molar-refractivity contribution in [2.24, 2.45) is 0 Å². The fourth-order valence-electron chi connectivity index (χ4n) is 2.95. The molecule has 144 valence electrons. The molecule has 1 aromatic heterocycles. The number of carbonyl (C=O) groups excluding carboxylic acids is 1. The number of nitrogens with two attached hydrogens (primary N) is 1. The second kappa shape index (κ2) is 8.52. The predicted molar refractivity (Wildman–Crippen MR) is 110 cm³/mol. The van der Waals surface area contributed by atoms with E-state index in [4.69, 9.17) is 10.5 Å². The summed E-state index contributed by atoms with van der Waals surface area (Å²) in [7, 11) is 3.40. The van der Waals surface area contributed by atoms with Gasteiger partial charge in [0.25, 0.3) is 5.91 Å². The minimum atomic E-state index is -0.164. The van der Waals surface area contributed by atoms with Gasteiger partial charge in [0.15, 0.2) is 0 Å². The summed E-state index contributed by atoms with van der Waals surface area (Å²) >= 11 is 0. The first-order chi connectivity index (χ1) is 13.5. The topological polar surface area (TPSA) is 81.3 Å². The van der Waals surface area contributed by atoms with Crippen LogP contribution in [-0.2, 0) is 6.42 Å². The molecule has 2 N–H and O–H groups in total. The molecule has 0 atom stereocenters. The molecule has 0 unspecified atom stereocenters. The van der Waals surface area contributed by atoms with Gasteiger partial charge in [0, 0.05) is 26.1 Å². The third kappa shape index (κ3) is 4.46. The molecule has 0 bridgehead atoms. The van der Waals surface area contributed by atoms with Crippen molar-refractivity contribution in [3.05, 3.63) is 71.4 Å². The first-order valence-electron chi connectivity index (χ1n) is 9.08. The Bertz CT molecular complexity index is 972. The van der Waals surface area contributed by atoms with Gasteiger partial charge in [0.2, 0.25) is 5.95 Å². The summed E-state index contributed by atoms with van der Waals surface area (Å²) in [6, 6.07) is 17.7. The van der Waals surface area contributed by atoms with Crippen molar-refractivity contribution in [2.45, 2.75) is 13.3 Å². The molecule has 0 radical (unpaired) electrons. The fourth-order valence-corrected chi connectivity index (χ4v) is 2.95. The zero-order valence-corrected chi connectivity index (χ0v) is 16.3. The van der Waals surface area contributed by atoms with Crippen molar-refractivity contribution in [1.82, 2.24) is 14.9 Å². The average molecular weight is 376 g/mol. The number of nitrogen functional groups attached to an aromatic ring is 1. The van der Waals surface area contributed by atoms with E-state index in [1.165, 1.54) is 10.5 Å². The lowest BCUT2D eigenvalue weighted by molar-refractivity contribution is 0.0827. The van der Waals surface area contributed by atoms with Gasteiger partial charge in [0.1, 0.15) is 5.75 Å². The van der Waals surface area contributed by atoms with Crippen LogP contribution >= 0.6 is 0 Å². The largest absolute Gasteiger partial charge is 0.493 e. The van der Waals surface area contributed by atoms with Crippen LogP contribution in [0.4, 0.5) is 5.95 Å². The van der Waals surface area contributed by atoms with Crippen LogP contribution in [0.3, 0.4) is 0 Å². The van der Waals surface area contributed by atoms with E-state index >= 15 is 0 Å². The molecule has 3 rings (SSSR count). The first-order valence-corrected chi connectivity index (χ1v) is 9.08. The monoisotopic (exact) mass is 376 g/mol. The summed E-state index contributed by atoms with van der Waals surface area (Å²) in [5.41, 5.74) is 9.34. The SMILES string of the molecule is Cc1nc(N)nc(-c2cccc(OCCc3ccccc3)c2)c1C(=O)N(C)C. The minimum Gasteiger partial charge on any atom is -0.493 e. The van der Waals surface area contributed by atoms with Gasteiger partial charge in [-0.1, -0.05) is 42.5 Å². The van der Waals surface area contributed by atoms with Crippen LogP contribution in [0, 0.1) is 6.92 Å². The molecular weight excluding hydrogens is 352 g/mol. The molecule has 1 heterocycles. The molecule has 3 aromatic rings. The molecule has 0 spiro atoms. The number of hydrogen-bond acceptors (Lipinski definition) is 5. The molecule has 0 fully saturated rings. The highest BCUT2D eigenvalue weighted by molar-refractivity contribution is 6.00. The fraction of sp³-hybridized carbons (Fsp3) is 0.227. The summed E-state index contributed by atoms with van der Waals surface area (Å²) in [5.74, 6) is 0.688. The highest BCUT2D eigenvalue weighted by atomic mass is 16.5. The van der Waals surface area contributed by atoms with Gasteiger partial charge in [0.05, 0.1) is 23.6 Å². The van der Waals surface area contributed by atoms with Crippen molar-refractivity contribution in [3.63, 3.8) is 0 Å². The van der Waals surface area contributed by atoms with E-state index in [0.29, 0.717) is 29.3 Å². The average Bonchev–Trinajstić information content (AvgIpc) is 2.68. The van der Waals surface area contributed by atoms with Gasteiger partial charge in [-0.15, -0.1) is 0 Å². The van der Waals surface area contributed by atoms with Crippen LogP contribution in [0.25, 0.3) is 11.3 Å². The lowest BCUT2D eigenvalue weighted by atomic mass is 10.0. The Labute approximate surface area is 165 Å². The van der Waals surface area contributed by atoms with Crippen LogP contribution in [0.5, 0.6) is 5.75 Å². The quantitative estimate of drug-likeness (QED) is 0.713. The van der Waals surface area contributed by atoms with Crippen molar-refractivity contribution in [3.8, 4) is 17.0 Å². The van der Waals surface area contributed by atoms with E-state index in [1.54, 1.807) is 21.0 Å². The maximum atomic E-state index is 12.7. The zero-order chi connectivity index (χ0) is 20.1. The number of aromatic nitrogens is 2. The van der Waals surface area contributed by atoms with E-state index in [1.807, 2.05) is 42.5 Å². The number of carbonyl (C=O) groups is 1. The smallest absolute Gasteiger partial charge is 0.257 e. The highest BCUT2D eigenvalue weighted by Gasteiger charge is 2.21. The van der Waals surface area contributed by atoms with Gasteiger partial charge in [-0.25, -0.2) is 9.97 Å². The molecule has 0 aliphatic carbocycles. The van der Waals surface area contributed by atoms with E-state index < -0.39 is 0 Å². The van der Waals surface area contributed by atoms with Gasteiger partial charge in [-0.05, 0) is 24.6 Å². The first kappa shape index (κ1) is 19.4. The molecular formula is C22H24N4O2. The van der Waals surface area contributed by atoms with Crippen LogP contribution in [0.15, 0.2) is 54.6 Å². The second-order valence-corrected chi connectivity index (χ2v) is 6.70. The number of rotatable bonds is 6. The lowest BCUT2D eigenvalue weighted by Crippen LogP contribution is -2.24. The summed E-state index contributed by atoms with van der Waals surface area (Å²) in [6.45, 7) is 2.32. The van der Waals surface area contributed by atoms with E-state index in [0.717, 1.165) is 12.0 Å². The van der Waals surface area contributed by atoms with Crippen molar-refractivity contribution >= 4 is 11.9 Å². The third-order valence-corrected chi connectivity index (χ3v) is 4.34. The molecule has 6 nitrogen and oxygen atoms in total. The maximum absolute atomic E-state index is 12.7. The number of ether oxygens (including phenoxy) is 1. The van der Waals surface area contributed by atoms with E-state index in [2.05, 4.69) is 22.1 Å². The van der Waals surface area contributed by atoms with Crippen molar-refractivity contribution in [2.75, 3.05) is 26.4 Å². The molecule has 0 aliphatic rings. The number of nitrogens with zero attached hydrogens (tertiary/aromatic N) is 3. The Morgan fingerprint density at radius 1 is 1.07 bits per heavy atom. The second-order valence-electron chi connectivity index (χ2n) is 6.70. The minimum absolute atomic E-state index is 0.137. The van der Waals surface area contributed by atoms with Gasteiger partial charge in [-0.3, -0.25) is 4.79 Å². The van der Waals surface area contributed by atoms with Crippen molar-refractivity contribution in [1.29, 1.82) is 0 Å². The Morgan fingerprint density at radius 3 is 2.54 bits per heavy atom. The maximum Gasteiger partial charge on any atom is 0.257 e. The van der Waals surface area contributed by atoms with Crippen LogP contribution < -0.4 is 10.5 Å². The number of amides is 1. The third-order valence-electron chi connectivity index (χ3n) is 4.34. The number of hydrogen-bond donors (Lipinski definition) is 1. The van der Waals surface area contributed by atoms with Gasteiger partial charge in [-0.2, -0.15) is 0 Å². The molecule has 2 aromatic carbocycles. The van der Waals surface area contributed by atoms with Gasteiger partial charge >= 0.3 is 0 Å². The summed E-state index contributed by atoms with van der Waals surface area (Å²) < 4.78 is 5.91.